The third-order valence-corrected chi connectivity index (χ3v) is 6.68. The van der Waals surface area contributed by atoms with Crippen molar-refractivity contribution in [1.82, 2.24) is 10.0 Å². The number of carbonyl (C=O) groups excluding carboxylic acids is 2. The Labute approximate surface area is 174 Å². The van der Waals surface area contributed by atoms with Gasteiger partial charge in [0.25, 0.3) is 5.91 Å². The number of aldehydes is 1. The van der Waals surface area contributed by atoms with E-state index in [-0.39, 0.29) is 33.0 Å². The Morgan fingerprint density at radius 2 is 1.83 bits per heavy atom. The molecule has 0 aliphatic rings. The molecule has 13 heteroatoms. The van der Waals surface area contributed by atoms with Gasteiger partial charge in [-0.15, -0.1) is 11.3 Å². The van der Waals surface area contributed by atoms with Crippen molar-refractivity contribution in [2.24, 2.45) is 0 Å². The lowest BCUT2D eigenvalue weighted by atomic mass is 10.1. The molecule has 5 N–H and O–H groups in total. The van der Waals surface area contributed by atoms with Crippen molar-refractivity contribution >= 4 is 45.5 Å². The number of phenols is 1. The molecule has 0 radical (unpaired) electrons. The van der Waals surface area contributed by atoms with Crippen molar-refractivity contribution in [3.63, 3.8) is 0 Å². The highest BCUT2D eigenvalue weighted by Crippen LogP contribution is 2.23. The number of hydrogen-bond donors (Lipinski definition) is 5. The molecule has 0 saturated heterocycles. The van der Waals surface area contributed by atoms with Gasteiger partial charge in [0.1, 0.15) is 21.8 Å². The molecule has 0 aliphatic carbocycles. The Balaban J connectivity index is 2.09. The van der Waals surface area contributed by atoms with Crippen LogP contribution in [0.15, 0.2) is 34.5 Å². The van der Waals surface area contributed by atoms with Gasteiger partial charge in [-0.05, 0) is 29.8 Å². The molecule has 1 heterocycles. The molecular weight excluding hydrogens is 440 g/mol. The molecule has 0 spiro atoms. The van der Waals surface area contributed by atoms with Crippen LogP contribution in [0.2, 0.25) is 0 Å². The largest absolute Gasteiger partial charge is 0.507 e. The number of benzene rings is 1. The van der Waals surface area contributed by atoms with Gasteiger partial charge in [0, 0.05) is 6.54 Å². The van der Waals surface area contributed by atoms with Crippen LogP contribution in [0.4, 0.5) is 0 Å². The molecule has 0 aliphatic heterocycles. The van der Waals surface area contributed by atoms with Crippen molar-refractivity contribution in [3.05, 3.63) is 46.3 Å². The van der Waals surface area contributed by atoms with Crippen molar-refractivity contribution in [2.75, 3.05) is 0 Å². The highest BCUT2D eigenvalue weighted by Gasteiger charge is 2.22. The van der Waals surface area contributed by atoms with Crippen LogP contribution in [0.3, 0.4) is 0 Å². The van der Waals surface area contributed by atoms with Gasteiger partial charge < -0.3 is 25.4 Å². The Bertz CT molecular complexity index is 1090. The van der Waals surface area contributed by atoms with Crippen LogP contribution < -0.4 is 10.0 Å². The smallest absolute Gasteiger partial charge is 0.339 e. The summed E-state index contributed by atoms with van der Waals surface area (Å²) in [5.41, 5.74) is -0.0985. The summed E-state index contributed by atoms with van der Waals surface area (Å²) in [6.45, 7) is -0.270. The molecule has 0 saturated carbocycles. The molecular formula is C17H16N2O9S2. The maximum Gasteiger partial charge on any atom is 0.339 e. The van der Waals surface area contributed by atoms with E-state index in [0.29, 0.717) is 11.3 Å². The fourth-order valence-corrected chi connectivity index (χ4v) is 4.53. The minimum Gasteiger partial charge on any atom is -0.507 e. The third kappa shape index (κ3) is 5.85. The first-order chi connectivity index (χ1) is 14.0. The van der Waals surface area contributed by atoms with Crippen molar-refractivity contribution in [3.8, 4) is 5.75 Å². The van der Waals surface area contributed by atoms with Gasteiger partial charge >= 0.3 is 11.9 Å². The number of aromatic carboxylic acids is 1. The first-order valence-electron chi connectivity index (χ1n) is 8.16. The molecule has 2 aromatic rings. The fraction of sp³-hybridized carbons (Fsp3) is 0.176. The fourth-order valence-electron chi connectivity index (χ4n) is 2.26. The number of rotatable bonds is 10. The third-order valence-electron chi connectivity index (χ3n) is 3.70. The molecule has 160 valence electrons. The summed E-state index contributed by atoms with van der Waals surface area (Å²) in [6, 6.07) is 4.71. The summed E-state index contributed by atoms with van der Waals surface area (Å²) in [7, 11) is -4.05. The van der Waals surface area contributed by atoms with E-state index in [9.17, 15) is 32.7 Å². The second-order valence-corrected chi connectivity index (χ2v) is 8.99. The van der Waals surface area contributed by atoms with E-state index < -0.39 is 46.1 Å². The van der Waals surface area contributed by atoms with E-state index in [1.807, 2.05) is 0 Å². The lowest BCUT2D eigenvalue weighted by Crippen LogP contribution is -2.37. The molecule has 0 bridgehead atoms. The predicted octanol–water partition coefficient (Wildman–Crippen LogP) is 0.402. The van der Waals surface area contributed by atoms with E-state index in [2.05, 4.69) is 10.0 Å². The Morgan fingerprint density at radius 1 is 1.13 bits per heavy atom. The van der Waals surface area contributed by atoms with Crippen LogP contribution in [0.5, 0.6) is 5.75 Å². The monoisotopic (exact) mass is 456 g/mol. The van der Waals surface area contributed by atoms with Crippen LogP contribution in [0.1, 0.15) is 32.0 Å². The van der Waals surface area contributed by atoms with Crippen LogP contribution in [0.25, 0.3) is 0 Å². The van der Waals surface area contributed by atoms with Gasteiger partial charge in [0.15, 0.2) is 0 Å². The number of carboxylic acids is 2. The van der Waals surface area contributed by atoms with Gasteiger partial charge in [-0.2, -0.15) is 0 Å². The summed E-state index contributed by atoms with van der Waals surface area (Å²) in [5, 5.41) is 29.3. The Kier molecular flexibility index (Phi) is 7.26. The normalized spacial score (nSPS) is 12.1. The van der Waals surface area contributed by atoms with E-state index in [1.165, 1.54) is 12.1 Å². The lowest BCUT2D eigenvalue weighted by molar-refractivity contribution is -0.138. The quantitative estimate of drug-likeness (QED) is 0.315. The average Bonchev–Trinajstić information content (AvgIpc) is 3.17. The van der Waals surface area contributed by atoms with Crippen LogP contribution in [-0.4, -0.2) is 53.9 Å². The van der Waals surface area contributed by atoms with Crippen molar-refractivity contribution < 1.29 is 42.9 Å². The number of aromatic hydroxyl groups is 1. The minimum atomic E-state index is -4.05. The van der Waals surface area contributed by atoms with Crippen molar-refractivity contribution in [1.29, 1.82) is 0 Å². The van der Waals surface area contributed by atoms with Crippen LogP contribution >= 0.6 is 11.3 Å². The maximum atomic E-state index is 12.4. The minimum absolute atomic E-state index is 0.0505. The highest BCUT2D eigenvalue weighted by molar-refractivity contribution is 7.91. The molecule has 1 amide bonds. The lowest BCUT2D eigenvalue weighted by Gasteiger charge is -2.09. The highest BCUT2D eigenvalue weighted by atomic mass is 32.2. The van der Waals surface area contributed by atoms with Gasteiger partial charge in [-0.1, -0.05) is 6.07 Å². The molecule has 11 nitrogen and oxygen atoms in total. The molecule has 1 aromatic carbocycles. The summed E-state index contributed by atoms with van der Waals surface area (Å²) in [5.74, 6) is -3.92. The number of carbonyl (C=O) groups is 4. The molecule has 0 fully saturated rings. The zero-order valence-electron chi connectivity index (χ0n) is 15.1. The maximum absolute atomic E-state index is 12.4. The summed E-state index contributed by atoms with van der Waals surface area (Å²) in [4.78, 5) is 44.6. The van der Waals surface area contributed by atoms with Crippen molar-refractivity contribution in [2.45, 2.75) is 23.2 Å². The Morgan fingerprint density at radius 3 is 2.43 bits per heavy atom. The number of aliphatic carboxylic acids is 1. The van der Waals surface area contributed by atoms with Gasteiger partial charge in [-0.25, -0.2) is 17.9 Å². The van der Waals surface area contributed by atoms with Crippen LogP contribution in [-0.2, 0) is 26.2 Å². The topological polar surface area (TPSA) is 187 Å². The van der Waals surface area contributed by atoms with E-state index in [0.717, 1.165) is 18.2 Å². The summed E-state index contributed by atoms with van der Waals surface area (Å²) >= 11 is 0.605. The second kappa shape index (κ2) is 9.47. The predicted molar refractivity (Wildman–Crippen MR) is 103 cm³/mol. The number of hydrogen-bond acceptors (Lipinski definition) is 8. The standard InChI is InChI=1S/C17H16N2O9S2/c20-8-10(6-14(22)23)19-16(24)13-3-4-15(29-13)30(27,28)18-7-9-1-2-12(21)11(5-9)17(25)26/h1-5,8,10,18,21H,6-7H2,(H,19,24)(H,22,23)(H,25,26)/t10-/m0/s1. The molecule has 0 unspecified atom stereocenters. The summed E-state index contributed by atoms with van der Waals surface area (Å²) in [6.07, 6.45) is -0.347. The zero-order chi connectivity index (χ0) is 22.5. The number of carboxylic acid groups (broad SMARTS) is 2. The van der Waals surface area contributed by atoms with E-state index >= 15 is 0 Å². The van der Waals surface area contributed by atoms with Gasteiger partial charge in [-0.3, -0.25) is 9.59 Å². The zero-order valence-corrected chi connectivity index (χ0v) is 16.7. The first kappa shape index (κ1) is 23.0. The molecule has 1 aromatic heterocycles. The average molecular weight is 456 g/mol. The molecule has 2 rings (SSSR count). The SMILES string of the molecule is O=C[C@H](CC(=O)O)NC(=O)c1ccc(S(=O)(=O)NCc2ccc(O)c(C(=O)O)c2)s1. The van der Waals surface area contributed by atoms with Gasteiger partial charge in [0.05, 0.1) is 17.3 Å². The van der Waals surface area contributed by atoms with Crippen LogP contribution in [0, 0.1) is 0 Å². The number of amides is 1. The number of thiophene rings is 1. The first-order valence-corrected chi connectivity index (χ1v) is 10.5. The Hall–Kier alpha value is -3.29. The van der Waals surface area contributed by atoms with Gasteiger partial charge in [0.2, 0.25) is 10.0 Å². The number of sulfonamides is 1. The van der Waals surface area contributed by atoms with E-state index in [1.54, 1.807) is 0 Å². The molecule has 1 atom stereocenters. The second-order valence-electron chi connectivity index (χ2n) is 5.91. The van der Waals surface area contributed by atoms with E-state index in [4.69, 9.17) is 10.2 Å². The molecule has 30 heavy (non-hydrogen) atoms. The summed E-state index contributed by atoms with van der Waals surface area (Å²) < 4.78 is 26.9. The number of nitrogens with one attached hydrogen (secondary N) is 2.